The van der Waals surface area contributed by atoms with Gasteiger partial charge in [0.25, 0.3) is 0 Å². The third-order valence-corrected chi connectivity index (χ3v) is 8.66. The average molecular weight is 548 g/mol. The molecule has 5 rings (SSSR count). The van der Waals surface area contributed by atoms with Crippen LogP contribution >= 0.6 is 0 Å². The molecule has 0 radical (unpaired) electrons. The van der Waals surface area contributed by atoms with Gasteiger partial charge in [-0.15, -0.1) is 0 Å². The number of anilines is 2. The van der Waals surface area contributed by atoms with Gasteiger partial charge in [-0.25, -0.2) is 13.4 Å². The van der Waals surface area contributed by atoms with E-state index in [0.717, 1.165) is 36.5 Å². The number of hydrogen-bond donors (Lipinski definition) is 2. The molecule has 10 heteroatoms. The monoisotopic (exact) mass is 547 g/mol. The van der Waals surface area contributed by atoms with Gasteiger partial charge in [0.05, 0.1) is 23.4 Å². The number of imidazole rings is 1. The van der Waals surface area contributed by atoms with Gasteiger partial charge in [0, 0.05) is 55.9 Å². The molecule has 39 heavy (non-hydrogen) atoms. The zero-order chi connectivity index (χ0) is 27.8. The molecule has 0 aliphatic carbocycles. The van der Waals surface area contributed by atoms with E-state index >= 15 is 0 Å². The van der Waals surface area contributed by atoms with E-state index in [4.69, 9.17) is 9.72 Å². The fourth-order valence-electron chi connectivity index (χ4n) is 4.64. The van der Waals surface area contributed by atoms with Crippen molar-refractivity contribution in [2.24, 2.45) is 0 Å². The van der Waals surface area contributed by atoms with Crippen LogP contribution in [0.15, 0.2) is 71.9 Å². The van der Waals surface area contributed by atoms with Crippen LogP contribution in [0.4, 0.5) is 11.4 Å². The molecule has 9 nitrogen and oxygen atoms in total. The van der Waals surface area contributed by atoms with Crippen LogP contribution in [-0.2, 0) is 35.1 Å². The van der Waals surface area contributed by atoms with Crippen LogP contribution < -0.4 is 10.1 Å². The van der Waals surface area contributed by atoms with E-state index in [2.05, 4.69) is 14.9 Å². The second-order valence-corrected chi connectivity index (χ2v) is 12.3. The first-order valence-electron chi connectivity index (χ1n) is 12.8. The number of rotatable bonds is 9. The first-order valence-corrected chi connectivity index (χ1v) is 14.2. The standard InChI is InChI=1S/C29H33N5O4S/c1-29(2,35)27-16-21(13-14-30-27)31-25-12-11-23(17-24(25)26-19-34-15-5-6-28(34)32-26)39(36,37)33(3)18-20-7-9-22(38-4)10-8-20/h7-14,16-17,19,35H,5-6,15,18H2,1-4H3,(H,30,31). The molecule has 0 spiro atoms. The molecule has 0 saturated carbocycles. The van der Waals surface area contributed by atoms with Crippen molar-refractivity contribution >= 4 is 21.4 Å². The topological polar surface area (TPSA) is 110 Å². The lowest BCUT2D eigenvalue weighted by atomic mass is 10.0. The summed E-state index contributed by atoms with van der Waals surface area (Å²) in [5.41, 5.74) is 3.09. The summed E-state index contributed by atoms with van der Waals surface area (Å²) in [6.45, 7) is 4.47. The third kappa shape index (κ3) is 5.68. The molecule has 0 unspecified atom stereocenters. The van der Waals surface area contributed by atoms with Crippen molar-refractivity contribution in [1.82, 2.24) is 18.8 Å². The van der Waals surface area contributed by atoms with Gasteiger partial charge in [-0.05, 0) is 68.3 Å². The van der Waals surface area contributed by atoms with Crippen LogP contribution in [0.25, 0.3) is 11.3 Å². The van der Waals surface area contributed by atoms with Crippen molar-refractivity contribution in [2.45, 2.75) is 50.3 Å². The van der Waals surface area contributed by atoms with E-state index in [0.29, 0.717) is 28.4 Å². The lowest BCUT2D eigenvalue weighted by Crippen LogP contribution is -2.26. The Kier molecular flexibility index (Phi) is 7.19. The number of aromatic nitrogens is 3. The Hall–Kier alpha value is -3.73. The van der Waals surface area contributed by atoms with E-state index < -0.39 is 15.6 Å². The number of methoxy groups -OCH3 is 1. The van der Waals surface area contributed by atoms with Crippen LogP contribution in [0.2, 0.25) is 0 Å². The number of benzene rings is 2. The molecular formula is C29H33N5O4S. The van der Waals surface area contributed by atoms with E-state index in [1.165, 1.54) is 4.31 Å². The zero-order valence-corrected chi connectivity index (χ0v) is 23.4. The van der Waals surface area contributed by atoms with Gasteiger partial charge in [0.15, 0.2) is 0 Å². The summed E-state index contributed by atoms with van der Waals surface area (Å²) in [6, 6.07) is 16.0. The molecule has 204 valence electrons. The van der Waals surface area contributed by atoms with Crippen molar-refractivity contribution in [3.63, 3.8) is 0 Å². The maximum absolute atomic E-state index is 13.6. The molecule has 3 heterocycles. The molecule has 1 aliphatic rings. The predicted octanol–water partition coefficient (Wildman–Crippen LogP) is 4.69. The Bertz CT molecular complexity index is 1570. The second kappa shape index (κ2) is 10.4. The highest BCUT2D eigenvalue weighted by atomic mass is 32.2. The molecule has 0 bridgehead atoms. The number of sulfonamides is 1. The Morgan fingerprint density at radius 1 is 1.13 bits per heavy atom. The van der Waals surface area contributed by atoms with Crippen LogP contribution in [0.1, 0.15) is 37.4 Å². The van der Waals surface area contributed by atoms with Crippen molar-refractivity contribution in [2.75, 3.05) is 19.5 Å². The number of nitrogens with zero attached hydrogens (tertiary/aromatic N) is 4. The average Bonchev–Trinajstić information content (AvgIpc) is 3.52. The number of nitrogens with one attached hydrogen (secondary N) is 1. The predicted molar refractivity (Wildman–Crippen MR) is 150 cm³/mol. The Morgan fingerprint density at radius 3 is 2.59 bits per heavy atom. The largest absolute Gasteiger partial charge is 0.497 e. The van der Waals surface area contributed by atoms with Crippen molar-refractivity contribution < 1.29 is 18.3 Å². The minimum absolute atomic E-state index is 0.180. The Morgan fingerprint density at radius 2 is 1.90 bits per heavy atom. The summed E-state index contributed by atoms with van der Waals surface area (Å²) < 4.78 is 35.9. The quantitative estimate of drug-likeness (QED) is 0.313. The lowest BCUT2D eigenvalue weighted by molar-refractivity contribution is 0.0739. The van der Waals surface area contributed by atoms with Gasteiger partial charge in [-0.3, -0.25) is 4.98 Å². The van der Waals surface area contributed by atoms with Gasteiger partial charge in [0.2, 0.25) is 10.0 Å². The van der Waals surface area contributed by atoms with Crippen molar-refractivity contribution in [3.05, 3.63) is 84.1 Å². The summed E-state index contributed by atoms with van der Waals surface area (Å²) in [6.07, 6.45) is 5.56. The van der Waals surface area contributed by atoms with Gasteiger partial charge in [-0.1, -0.05) is 12.1 Å². The molecule has 0 fully saturated rings. The number of ether oxygens (including phenoxy) is 1. The van der Waals surface area contributed by atoms with Crippen molar-refractivity contribution in [3.8, 4) is 17.0 Å². The summed E-state index contributed by atoms with van der Waals surface area (Å²) in [7, 11) is -0.627. The molecule has 2 aromatic heterocycles. The first kappa shape index (κ1) is 26.9. The van der Waals surface area contributed by atoms with Crippen LogP contribution in [-0.4, -0.2) is 46.5 Å². The summed E-state index contributed by atoms with van der Waals surface area (Å²) in [5.74, 6) is 1.71. The highest BCUT2D eigenvalue weighted by Crippen LogP contribution is 2.35. The lowest BCUT2D eigenvalue weighted by Gasteiger charge is -2.20. The molecule has 4 aromatic rings. The Labute approximate surface area is 229 Å². The van der Waals surface area contributed by atoms with Crippen molar-refractivity contribution in [1.29, 1.82) is 0 Å². The molecular weight excluding hydrogens is 514 g/mol. The highest BCUT2D eigenvalue weighted by molar-refractivity contribution is 7.89. The maximum Gasteiger partial charge on any atom is 0.243 e. The summed E-state index contributed by atoms with van der Waals surface area (Å²) >= 11 is 0. The second-order valence-electron chi connectivity index (χ2n) is 10.3. The van der Waals surface area contributed by atoms with Crippen LogP contribution in [0.3, 0.4) is 0 Å². The first-order chi connectivity index (χ1) is 18.5. The number of aliphatic hydroxyl groups is 1. The third-order valence-electron chi connectivity index (χ3n) is 6.86. The van der Waals surface area contributed by atoms with E-state index in [1.54, 1.807) is 64.5 Å². The minimum atomic E-state index is -3.80. The Balaban J connectivity index is 1.50. The maximum atomic E-state index is 13.6. The van der Waals surface area contributed by atoms with Crippen LogP contribution in [0, 0.1) is 0 Å². The SMILES string of the molecule is COc1ccc(CN(C)S(=O)(=O)c2ccc(Nc3ccnc(C(C)(C)O)c3)c(-c3cn4c(n3)CCC4)c2)cc1. The molecule has 0 amide bonds. The highest BCUT2D eigenvalue weighted by Gasteiger charge is 2.25. The normalized spacial score (nSPS) is 13.5. The number of pyridine rings is 1. The van der Waals surface area contributed by atoms with E-state index in [-0.39, 0.29) is 11.4 Å². The zero-order valence-electron chi connectivity index (χ0n) is 22.5. The number of hydrogen-bond acceptors (Lipinski definition) is 7. The molecule has 1 aliphatic heterocycles. The molecule has 0 saturated heterocycles. The summed E-state index contributed by atoms with van der Waals surface area (Å²) in [5, 5.41) is 13.8. The number of aryl methyl sites for hydroxylation is 2. The summed E-state index contributed by atoms with van der Waals surface area (Å²) in [4.78, 5) is 9.28. The van der Waals surface area contributed by atoms with Gasteiger partial charge >= 0.3 is 0 Å². The van der Waals surface area contributed by atoms with E-state index in [9.17, 15) is 13.5 Å². The smallest absolute Gasteiger partial charge is 0.243 e. The minimum Gasteiger partial charge on any atom is -0.497 e. The van der Waals surface area contributed by atoms with E-state index in [1.807, 2.05) is 30.5 Å². The fourth-order valence-corrected chi connectivity index (χ4v) is 5.83. The fraction of sp³-hybridized carbons (Fsp3) is 0.310. The van der Waals surface area contributed by atoms with Crippen LogP contribution in [0.5, 0.6) is 5.75 Å². The molecule has 0 atom stereocenters. The number of fused-ring (bicyclic) bond motifs is 1. The van der Waals surface area contributed by atoms with Gasteiger partial charge < -0.3 is 19.7 Å². The molecule has 2 aromatic carbocycles. The van der Waals surface area contributed by atoms with Gasteiger partial charge in [0.1, 0.15) is 17.2 Å². The van der Waals surface area contributed by atoms with Gasteiger partial charge in [-0.2, -0.15) is 4.31 Å². The molecule has 2 N–H and O–H groups in total.